The van der Waals surface area contributed by atoms with Crippen molar-refractivity contribution in [3.05, 3.63) is 52.8 Å². The number of carbonyl (C=O) groups is 1. The molecule has 110 valence electrons. The summed E-state index contributed by atoms with van der Waals surface area (Å²) in [5.74, 6) is -0.173. The van der Waals surface area contributed by atoms with E-state index in [1.54, 1.807) is 12.4 Å². The quantitative estimate of drug-likeness (QED) is 0.847. The van der Waals surface area contributed by atoms with Crippen LogP contribution in [0.25, 0.3) is 0 Å². The smallest absolute Gasteiger partial charge is 0.257 e. The summed E-state index contributed by atoms with van der Waals surface area (Å²) in [7, 11) is 0. The molecule has 0 aliphatic rings. The molecule has 1 aromatic heterocycles. The van der Waals surface area contributed by atoms with Gasteiger partial charge < -0.3 is 10.6 Å². The largest absolute Gasteiger partial charge is 0.381 e. The summed E-state index contributed by atoms with van der Waals surface area (Å²) < 4.78 is 0.922. The summed E-state index contributed by atoms with van der Waals surface area (Å²) in [4.78, 5) is 16.4. The Labute approximate surface area is 133 Å². The van der Waals surface area contributed by atoms with Crippen molar-refractivity contribution in [2.24, 2.45) is 0 Å². The molecule has 0 fully saturated rings. The molecule has 21 heavy (non-hydrogen) atoms. The van der Waals surface area contributed by atoms with Crippen molar-refractivity contribution in [2.45, 2.75) is 26.3 Å². The first kappa shape index (κ1) is 15.5. The molecule has 0 aliphatic heterocycles. The van der Waals surface area contributed by atoms with Gasteiger partial charge in [0, 0.05) is 28.6 Å². The van der Waals surface area contributed by atoms with Gasteiger partial charge in [-0.15, -0.1) is 0 Å². The fourth-order valence-electron chi connectivity index (χ4n) is 1.80. The van der Waals surface area contributed by atoms with Gasteiger partial charge in [-0.05, 0) is 37.6 Å². The van der Waals surface area contributed by atoms with E-state index in [1.807, 2.05) is 30.3 Å². The molecule has 0 bridgehead atoms. The van der Waals surface area contributed by atoms with Crippen LogP contribution in [0.5, 0.6) is 0 Å². The minimum atomic E-state index is -0.173. The predicted octanol–water partition coefficient (Wildman–Crippen LogP) is 4.31. The zero-order valence-electron chi connectivity index (χ0n) is 12.1. The minimum Gasteiger partial charge on any atom is -0.381 e. The lowest BCUT2D eigenvalue weighted by atomic mass is 10.2. The van der Waals surface area contributed by atoms with Gasteiger partial charge in [0.25, 0.3) is 5.91 Å². The molecule has 2 rings (SSSR count). The molecule has 2 aromatic rings. The van der Waals surface area contributed by atoms with Crippen molar-refractivity contribution < 1.29 is 4.79 Å². The molecule has 0 saturated carbocycles. The lowest BCUT2D eigenvalue weighted by Gasteiger charge is -2.13. The third-order valence-electron chi connectivity index (χ3n) is 3.11. The fourth-order valence-corrected chi connectivity index (χ4v) is 2.20. The molecule has 1 unspecified atom stereocenters. The normalized spacial score (nSPS) is 11.8. The third kappa shape index (κ3) is 4.56. The Hall–Kier alpha value is -1.88. The first-order valence-corrected chi connectivity index (χ1v) is 7.66. The first-order valence-electron chi connectivity index (χ1n) is 6.87. The number of pyridine rings is 1. The van der Waals surface area contributed by atoms with Crippen molar-refractivity contribution in [3.63, 3.8) is 0 Å². The standard InChI is InChI=1S/C16H18BrN3O/c1-3-11(2)19-15-7-12(9-18-10-15)16(21)20-14-6-4-5-13(17)8-14/h4-11,19H,3H2,1-2H3,(H,20,21). The molecule has 0 radical (unpaired) electrons. The number of hydrogen-bond donors (Lipinski definition) is 2. The van der Waals surface area contributed by atoms with Gasteiger partial charge in [-0.1, -0.05) is 28.9 Å². The summed E-state index contributed by atoms with van der Waals surface area (Å²) in [6.45, 7) is 4.20. The molecule has 0 saturated heterocycles. The second-order valence-corrected chi connectivity index (χ2v) is 5.80. The Morgan fingerprint density at radius 2 is 2.10 bits per heavy atom. The van der Waals surface area contributed by atoms with Gasteiger partial charge in [-0.2, -0.15) is 0 Å². The van der Waals surface area contributed by atoms with Crippen molar-refractivity contribution in [1.82, 2.24) is 4.98 Å². The van der Waals surface area contributed by atoms with Crippen LogP contribution in [-0.2, 0) is 0 Å². The Morgan fingerprint density at radius 1 is 1.29 bits per heavy atom. The molecular weight excluding hydrogens is 330 g/mol. The number of nitrogens with one attached hydrogen (secondary N) is 2. The van der Waals surface area contributed by atoms with E-state index in [0.29, 0.717) is 11.6 Å². The van der Waals surface area contributed by atoms with E-state index in [0.717, 1.165) is 22.3 Å². The Kier molecular flexibility index (Phi) is 5.33. The van der Waals surface area contributed by atoms with E-state index in [2.05, 4.69) is 45.4 Å². The highest BCUT2D eigenvalue weighted by atomic mass is 79.9. The topological polar surface area (TPSA) is 54.0 Å². The number of aromatic nitrogens is 1. The Balaban J connectivity index is 2.10. The number of anilines is 2. The first-order chi connectivity index (χ1) is 10.1. The van der Waals surface area contributed by atoms with Crippen LogP contribution in [0.2, 0.25) is 0 Å². The van der Waals surface area contributed by atoms with Gasteiger partial charge >= 0.3 is 0 Å². The Morgan fingerprint density at radius 3 is 2.81 bits per heavy atom. The number of nitrogens with zero attached hydrogens (tertiary/aromatic N) is 1. The average molecular weight is 348 g/mol. The van der Waals surface area contributed by atoms with Crippen LogP contribution in [0, 0.1) is 0 Å². The van der Waals surface area contributed by atoms with Crippen LogP contribution in [0.15, 0.2) is 47.2 Å². The van der Waals surface area contributed by atoms with Crippen molar-refractivity contribution in [3.8, 4) is 0 Å². The van der Waals surface area contributed by atoms with Crippen LogP contribution < -0.4 is 10.6 Å². The van der Waals surface area contributed by atoms with Crippen molar-refractivity contribution in [2.75, 3.05) is 10.6 Å². The Bertz CT molecular complexity index is 630. The van der Waals surface area contributed by atoms with E-state index in [4.69, 9.17) is 0 Å². The fraction of sp³-hybridized carbons (Fsp3) is 0.250. The highest BCUT2D eigenvalue weighted by molar-refractivity contribution is 9.10. The highest BCUT2D eigenvalue weighted by Crippen LogP contribution is 2.17. The van der Waals surface area contributed by atoms with Gasteiger partial charge in [0.15, 0.2) is 0 Å². The number of rotatable bonds is 5. The number of benzene rings is 1. The van der Waals surface area contributed by atoms with E-state index >= 15 is 0 Å². The zero-order valence-corrected chi connectivity index (χ0v) is 13.6. The predicted molar refractivity (Wildman–Crippen MR) is 89.7 cm³/mol. The summed E-state index contributed by atoms with van der Waals surface area (Å²) in [5.41, 5.74) is 2.13. The number of carbonyl (C=O) groups excluding carboxylic acids is 1. The summed E-state index contributed by atoms with van der Waals surface area (Å²) >= 11 is 3.38. The third-order valence-corrected chi connectivity index (χ3v) is 3.60. The molecule has 1 atom stereocenters. The molecule has 5 heteroatoms. The van der Waals surface area contributed by atoms with Crippen LogP contribution in [0.4, 0.5) is 11.4 Å². The molecular formula is C16H18BrN3O. The molecule has 4 nitrogen and oxygen atoms in total. The van der Waals surface area contributed by atoms with Gasteiger partial charge in [0.05, 0.1) is 11.3 Å². The second-order valence-electron chi connectivity index (χ2n) is 4.88. The maximum Gasteiger partial charge on any atom is 0.257 e. The van der Waals surface area contributed by atoms with Crippen molar-refractivity contribution in [1.29, 1.82) is 0 Å². The molecule has 2 N–H and O–H groups in total. The van der Waals surface area contributed by atoms with Gasteiger partial charge in [-0.25, -0.2) is 0 Å². The molecule has 1 aromatic carbocycles. The number of halogens is 1. The summed E-state index contributed by atoms with van der Waals surface area (Å²) in [6.07, 6.45) is 4.30. The van der Waals surface area contributed by atoms with E-state index in [-0.39, 0.29) is 5.91 Å². The molecule has 0 aliphatic carbocycles. The van der Waals surface area contributed by atoms with Crippen LogP contribution >= 0.6 is 15.9 Å². The number of hydrogen-bond acceptors (Lipinski definition) is 3. The minimum absolute atomic E-state index is 0.173. The van der Waals surface area contributed by atoms with Crippen LogP contribution in [-0.4, -0.2) is 16.9 Å². The van der Waals surface area contributed by atoms with Crippen LogP contribution in [0.3, 0.4) is 0 Å². The van der Waals surface area contributed by atoms with E-state index in [1.165, 1.54) is 0 Å². The maximum absolute atomic E-state index is 12.2. The maximum atomic E-state index is 12.2. The molecule has 1 heterocycles. The monoisotopic (exact) mass is 347 g/mol. The lowest BCUT2D eigenvalue weighted by Crippen LogP contribution is -2.16. The SMILES string of the molecule is CCC(C)Nc1cncc(C(=O)Nc2cccc(Br)c2)c1. The van der Waals surface area contributed by atoms with Gasteiger partial charge in [0.2, 0.25) is 0 Å². The van der Waals surface area contributed by atoms with Gasteiger partial charge in [0.1, 0.15) is 0 Å². The zero-order chi connectivity index (χ0) is 15.2. The highest BCUT2D eigenvalue weighted by Gasteiger charge is 2.08. The average Bonchev–Trinajstić information content (AvgIpc) is 2.47. The van der Waals surface area contributed by atoms with Crippen LogP contribution in [0.1, 0.15) is 30.6 Å². The number of amides is 1. The van der Waals surface area contributed by atoms with E-state index < -0.39 is 0 Å². The molecule has 0 spiro atoms. The van der Waals surface area contributed by atoms with E-state index in [9.17, 15) is 4.79 Å². The summed E-state index contributed by atoms with van der Waals surface area (Å²) in [5, 5.41) is 6.17. The summed E-state index contributed by atoms with van der Waals surface area (Å²) in [6, 6.07) is 9.64. The van der Waals surface area contributed by atoms with Gasteiger partial charge in [-0.3, -0.25) is 9.78 Å². The lowest BCUT2D eigenvalue weighted by molar-refractivity contribution is 0.102. The second kappa shape index (κ2) is 7.22. The van der Waals surface area contributed by atoms with Crippen molar-refractivity contribution >= 4 is 33.2 Å². The molecule has 1 amide bonds.